The van der Waals surface area contributed by atoms with E-state index in [0.717, 1.165) is 22.7 Å². The van der Waals surface area contributed by atoms with E-state index in [2.05, 4.69) is 5.32 Å². The van der Waals surface area contributed by atoms with E-state index in [0.29, 0.717) is 13.2 Å². The third-order valence-electron chi connectivity index (χ3n) is 4.58. The van der Waals surface area contributed by atoms with Crippen molar-refractivity contribution in [3.05, 3.63) is 58.1 Å². The molecule has 0 saturated carbocycles. The van der Waals surface area contributed by atoms with Gasteiger partial charge >= 0.3 is 0 Å². The summed E-state index contributed by atoms with van der Waals surface area (Å²) in [4.78, 5) is 12.6. The lowest BCUT2D eigenvalue weighted by atomic mass is 10.2. The van der Waals surface area contributed by atoms with Crippen molar-refractivity contribution < 1.29 is 17.9 Å². The van der Waals surface area contributed by atoms with Crippen molar-refractivity contribution >= 4 is 44.8 Å². The van der Waals surface area contributed by atoms with E-state index in [4.69, 9.17) is 27.9 Å². The van der Waals surface area contributed by atoms with E-state index >= 15 is 0 Å². The fourth-order valence-corrected chi connectivity index (χ4v) is 4.97. The highest BCUT2D eigenvalue weighted by molar-refractivity contribution is 7.92. The van der Waals surface area contributed by atoms with Crippen molar-refractivity contribution in [2.24, 2.45) is 0 Å². The molecule has 6 nitrogen and oxygen atoms in total. The van der Waals surface area contributed by atoms with Gasteiger partial charge in [0.2, 0.25) is 5.91 Å². The molecular weight excluding hydrogens is 435 g/mol. The molecule has 1 heterocycles. The maximum atomic E-state index is 13.3. The Hall–Kier alpha value is -1.80. The van der Waals surface area contributed by atoms with Crippen LogP contribution in [-0.2, 0) is 19.6 Å². The fourth-order valence-electron chi connectivity index (χ4n) is 3.06. The molecule has 0 bridgehead atoms. The van der Waals surface area contributed by atoms with Gasteiger partial charge in [-0.05, 0) is 50.1 Å². The van der Waals surface area contributed by atoms with Gasteiger partial charge in [-0.1, -0.05) is 40.9 Å². The predicted octanol–water partition coefficient (Wildman–Crippen LogP) is 3.79. The van der Waals surface area contributed by atoms with Crippen LogP contribution in [0.15, 0.2) is 47.4 Å². The third kappa shape index (κ3) is 5.63. The molecular formula is C20H22Cl2N2O4S. The van der Waals surface area contributed by atoms with Crippen molar-refractivity contribution in [3.63, 3.8) is 0 Å². The monoisotopic (exact) mass is 456 g/mol. The van der Waals surface area contributed by atoms with Crippen LogP contribution in [0.3, 0.4) is 0 Å². The minimum absolute atomic E-state index is 0.0401. The molecule has 0 spiro atoms. The Morgan fingerprint density at radius 2 is 1.83 bits per heavy atom. The predicted molar refractivity (Wildman–Crippen MR) is 114 cm³/mol. The summed E-state index contributed by atoms with van der Waals surface area (Å²) in [5.41, 5.74) is 1.14. The first-order valence-corrected chi connectivity index (χ1v) is 11.4. The summed E-state index contributed by atoms with van der Waals surface area (Å²) in [5.74, 6) is -0.438. The lowest BCUT2D eigenvalue weighted by Gasteiger charge is -2.25. The topological polar surface area (TPSA) is 75.7 Å². The normalized spacial score (nSPS) is 16.6. The zero-order valence-electron chi connectivity index (χ0n) is 15.9. The molecule has 0 radical (unpaired) electrons. The van der Waals surface area contributed by atoms with Gasteiger partial charge in [-0.2, -0.15) is 0 Å². The zero-order chi connectivity index (χ0) is 21.0. The lowest BCUT2D eigenvalue weighted by molar-refractivity contribution is -0.120. The largest absolute Gasteiger partial charge is 0.376 e. The number of nitrogens with one attached hydrogen (secondary N) is 1. The number of hydrogen-bond donors (Lipinski definition) is 1. The number of ether oxygens (including phenoxy) is 1. The molecule has 3 rings (SSSR count). The van der Waals surface area contributed by atoms with Gasteiger partial charge in [0.15, 0.2) is 0 Å². The molecule has 1 saturated heterocycles. The third-order valence-corrected chi connectivity index (χ3v) is 6.81. The molecule has 0 aliphatic carbocycles. The number of carbonyl (C=O) groups excluding carboxylic acids is 1. The van der Waals surface area contributed by atoms with Crippen LogP contribution in [0.1, 0.15) is 18.4 Å². The lowest BCUT2D eigenvalue weighted by Crippen LogP contribution is -2.42. The molecule has 2 aromatic carbocycles. The Labute approximate surface area is 180 Å². The van der Waals surface area contributed by atoms with Crippen molar-refractivity contribution in [1.82, 2.24) is 5.32 Å². The van der Waals surface area contributed by atoms with E-state index < -0.39 is 22.5 Å². The SMILES string of the molecule is Cc1ccc(S(=O)(=O)N(CC(=O)NC[C@H]2CCCO2)c2cc(Cl)cc(Cl)c2)cc1. The highest BCUT2D eigenvalue weighted by Crippen LogP contribution is 2.29. The van der Waals surface area contributed by atoms with Gasteiger partial charge in [0.25, 0.3) is 10.0 Å². The molecule has 29 heavy (non-hydrogen) atoms. The van der Waals surface area contributed by atoms with Gasteiger partial charge in [-0.3, -0.25) is 9.10 Å². The molecule has 0 aromatic heterocycles. The molecule has 9 heteroatoms. The first kappa shape index (κ1) is 21.9. The molecule has 2 aromatic rings. The standard InChI is InChI=1S/C20H22Cl2N2O4S/c1-14-4-6-19(7-5-14)29(26,27)24(17-10-15(21)9-16(22)11-17)13-20(25)23-12-18-3-2-8-28-18/h4-7,9-11,18H,2-3,8,12-13H2,1H3,(H,23,25)/t18-/m1/s1. The van der Waals surface area contributed by atoms with Crippen molar-refractivity contribution in [2.45, 2.75) is 30.8 Å². The Balaban J connectivity index is 1.88. The molecule has 1 fully saturated rings. The highest BCUT2D eigenvalue weighted by atomic mass is 35.5. The Kier molecular flexibility index (Phi) is 7.05. The van der Waals surface area contributed by atoms with Crippen molar-refractivity contribution in [3.8, 4) is 0 Å². The summed E-state index contributed by atoms with van der Waals surface area (Å²) < 4.78 is 33.1. The van der Waals surface area contributed by atoms with Gasteiger partial charge in [0.05, 0.1) is 16.7 Å². The van der Waals surface area contributed by atoms with Crippen LogP contribution in [0.2, 0.25) is 10.0 Å². The number of amides is 1. The summed E-state index contributed by atoms with van der Waals surface area (Å²) in [6.07, 6.45) is 1.78. The molecule has 1 aliphatic rings. The van der Waals surface area contributed by atoms with E-state index in [1.165, 1.54) is 30.3 Å². The number of halogens is 2. The van der Waals surface area contributed by atoms with Gasteiger partial charge in [0.1, 0.15) is 6.54 Å². The van der Waals surface area contributed by atoms with Crippen LogP contribution < -0.4 is 9.62 Å². The number of benzene rings is 2. The minimum Gasteiger partial charge on any atom is -0.376 e. The summed E-state index contributed by atoms with van der Waals surface area (Å²) in [6, 6.07) is 10.9. The number of hydrogen-bond acceptors (Lipinski definition) is 4. The number of carbonyl (C=O) groups is 1. The average Bonchev–Trinajstić information content (AvgIpc) is 3.17. The van der Waals surface area contributed by atoms with Crippen LogP contribution in [0.5, 0.6) is 0 Å². The van der Waals surface area contributed by atoms with Crippen LogP contribution in [0.25, 0.3) is 0 Å². The molecule has 0 unspecified atom stereocenters. The smallest absolute Gasteiger partial charge is 0.264 e. The number of rotatable bonds is 7. The van der Waals surface area contributed by atoms with Crippen LogP contribution >= 0.6 is 23.2 Å². The summed E-state index contributed by atoms with van der Waals surface area (Å²) >= 11 is 12.1. The first-order valence-electron chi connectivity index (χ1n) is 9.19. The number of nitrogens with zero attached hydrogens (tertiary/aromatic N) is 1. The van der Waals surface area contributed by atoms with Crippen LogP contribution in [0, 0.1) is 6.92 Å². The van der Waals surface area contributed by atoms with E-state index in [9.17, 15) is 13.2 Å². The summed E-state index contributed by atoms with van der Waals surface area (Å²) in [6.45, 7) is 2.48. The number of anilines is 1. The zero-order valence-corrected chi connectivity index (χ0v) is 18.2. The van der Waals surface area contributed by atoms with Gasteiger partial charge < -0.3 is 10.1 Å². The molecule has 1 N–H and O–H groups in total. The van der Waals surface area contributed by atoms with E-state index in [-0.39, 0.29) is 26.7 Å². The van der Waals surface area contributed by atoms with Crippen LogP contribution in [-0.4, -0.2) is 40.1 Å². The van der Waals surface area contributed by atoms with E-state index in [1.807, 2.05) is 6.92 Å². The van der Waals surface area contributed by atoms with Gasteiger partial charge in [-0.25, -0.2) is 8.42 Å². The number of aryl methyl sites for hydroxylation is 1. The van der Waals surface area contributed by atoms with Gasteiger partial charge in [0, 0.05) is 23.2 Å². The summed E-state index contributed by atoms with van der Waals surface area (Å²) in [7, 11) is -4.01. The Bertz CT molecular complexity index is 954. The second-order valence-corrected chi connectivity index (χ2v) is 9.63. The first-order chi connectivity index (χ1) is 13.8. The average molecular weight is 457 g/mol. The second-order valence-electron chi connectivity index (χ2n) is 6.89. The van der Waals surface area contributed by atoms with E-state index in [1.54, 1.807) is 12.1 Å². The Morgan fingerprint density at radius 1 is 1.17 bits per heavy atom. The van der Waals surface area contributed by atoms with Gasteiger partial charge in [-0.15, -0.1) is 0 Å². The molecule has 1 atom stereocenters. The Morgan fingerprint density at radius 3 is 2.41 bits per heavy atom. The number of sulfonamides is 1. The quantitative estimate of drug-likeness (QED) is 0.687. The molecule has 1 amide bonds. The minimum atomic E-state index is -4.01. The fraction of sp³-hybridized carbons (Fsp3) is 0.350. The molecule has 156 valence electrons. The maximum Gasteiger partial charge on any atom is 0.264 e. The second kappa shape index (κ2) is 9.34. The highest BCUT2D eigenvalue weighted by Gasteiger charge is 2.28. The van der Waals surface area contributed by atoms with Crippen molar-refractivity contribution in [2.75, 3.05) is 24.0 Å². The molecule has 1 aliphatic heterocycles. The maximum absolute atomic E-state index is 13.3. The summed E-state index contributed by atoms with van der Waals surface area (Å²) in [5, 5.41) is 3.30. The van der Waals surface area contributed by atoms with Crippen LogP contribution in [0.4, 0.5) is 5.69 Å². The van der Waals surface area contributed by atoms with Crippen molar-refractivity contribution in [1.29, 1.82) is 0 Å².